The Morgan fingerprint density at radius 2 is 1.70 bits per heavy atom. The fourth-order valence-electron chi connectivity index (χ4n) is 4.02. The monoisotopic (exact) mass is 465 g/mol. The number of amides is 1. The number of thioether (sulfide) groups is 1. The van der Waals surface area contributed by atoms with Crippen molar-refractivity contribution in [3.63, 3.8) is 0 Å². The van der Waals surface area contributed by atoms with Crippen molar-refractivity contribution in [2.24, 2.45) is 7.05 Å². The molecule has 2 heterocycles. The summed E-state index contributed by atoms with van der Waals surface area (Å²) in [6, 6.07) is 18.3. The van der Waals surface area contributed by atoms with Crippen molar-refractivity contribution >= 4 is 23.4 Å². The van der Waals surface area contributed by atoms with Gasteiger partial charge >= 0.3 is 0 Å². The second-order valence-electron chi connectivity index (χ2n) is 7.93. The number of ether oxygens (including phenoxy) is 1. The van der Waals surface area contributed by atoms with E-state index < -0.39 is 0 Å². The van der Waals surface area contributed by atoms with Gasteiger partial charge in [-0.1, -0.05) is 42.1 Å². The number of aromatic nitrogens is 3. The third-order valence-corrected chi connectivity index (χ3v) is 7.24. The smallest absolute Gasteiger partial charge is 0.240 e. The van der Waals surface area contributed by atoms with Crippen LogP contribution in [-0.2, 0) is 16.6 Å². The third-order valence-electron chi connectivity index (χ3n) is 5.96. The van der Waals surface area contributed by atoms with E-state index >= 15 is 0 Å². The maximum Gasteiger partial charge on any atom is 0.240 e. The van der Waals surface area contributed by atoms with Gasteiger partial charge in [-0.25, -0.2) is 0 Å². The van der Waals surface area contributed by atoms with Crippen LogP contribution in [0.15, 0.2) is 59.8 Å². The first kappa shape index (κ1) is 23.3. The summed E-state index contributed by atoms with van der Waals surface area (Å²) in [5, 5.41) is 9.23. The second-order valence-corrected chi connectivity index (χ2v) is 9.00. The largest absolute Gasteiger partial charge is 0.378 e. The van der Waals surface area contributed by atoms with E-state index in [0.717, 1.165) is 30.0 Å². The summed E-state index contributed by atoms with van der Waals surface area (Å²) >= 11 is 1.45. The van der Waals surface area contributed by atoms with Crippen LogP contribution < -0.4 is 4.90 Å². The molecule has 1 atom stereocenters. The molecule has 1 aromatic heterocycles. The molecular weight excluding hydrogens is 434 g/mol. The van der Waals surface area contributed by atoms with Crippen LogP contribution in [0.3, 0.4) is 0 Å². The predicted octanol–water partition coefficient (Wildman–Crippen LogP) is 4.02. The standard InChI is InChI=1S/C25H31N5O2S/c1-4-29(5-2)21-13-11-20(12-14-21)23-26-27-25(28(23)3)33-22(19-9-7-6-8-10-19)24(31)30-15-17-32-18-16-30/h6-14,22H,4-5,15-18H2,1-3H3. The van der Waals surface area contributed by atoms with Gasteiger partial charge in [0.1, 0.15) is 5.25 Å². The molecule has 0 radical (unpaired) electrons. The van der Waals surface area contributed by atoms with Crippen LogP contribution in [0, 0.1) is 0 Å². The van der Waals surface area contributed by atoms with Crippen molar-refractivity contribution in [3.05, 3.63) is 60.2 Å². The Morgan fingerprint density at radius 1 is 1.03 bits per heavy atom. The molecule has 0 saturated carbocycles. The Hall–Kier alpha value is -2.84. The van der Waals surface area contributed by atoms with Gasteiger partial charge in [0.05, 0.1) is 13.2 Å². The minimum atomic E-state index is -0.384. The van der Waals surface area contributed by atoms with Crippen molar-refractivity contribution in [1.29, 1.82) is 0 Å². The number of carbonyl (C=O) groups excluding carboxylic acids is 1. The molecule has 4 rings (SSSR count). The molecule has 1 unspecified atom stereocenters. The molecule has 1 aliphatic rings. The first-order valence-corrected chi connectivity index (χ1v) is 12.3. The highest BCUT2D eigenvalue weighted by molar-refractivity contribution is 8.00. The van der Waals surface area contributed by atoms with Gasteiger partial charge in [-0.2, -0.15) is 0 Å². The summed E-state index contributed by atoms with van der Waals surface area (Å²) in [6.07, 6.45) is 0. The number of hydrogen-bond donors (Lipinski definition) is 0. The maximum atomic E-state index is 13.4. The summed E-state index contributed by atoms with van der Waals surface area (Å²) in [6.45, 7) is 8.65. The van der Waals surface area contributed by atoms with Gasteiger partial charge in [0.2, 0.25) is 5.91 Å². The number of benzene rings is 2. The zero-order valence-electron chi connectivity index (χ0n) is 19.5. The van der Waals surface area contributed by atoms with E-state index in [9.17, 15) is 4.79 Å². The predicted molar refractivity (Wildman–Crippen MR) is 132 cm³/mol. The fraction of sp³-hybridized carbons (Fsp3) is 0.400. The fourth-order valence-corrected chi connectivity index (χ4v) is 5.11. The number of carbonyl (C=O) groups is 1. The lowest BCUT2D eigenvalue weighted by Gasteiger charge is -2.30. The topological polar surface area (TPSA) is 63.5 Å². The maximum absolute atomic E-state index is 13.4. The van der Waals surface area contributed by atoms with Crippen LogP contribution in [-0.4, -0.2) is 65.0 Å². The first-order chi connectivity index (χ1) is 16.1. The molecule has 0 aliphatic carbocycles. The minimum absolute atomic E-state index is 0.0858. The van der Waals surface area contributed by atoms with Gasteiger partial charge in [0.25, 0.3) is 0 Å². The SMILES string of the molecule is CCN(CC)c1ccc(-c2nnc(SC(C(=O)N3CCOCC3)c3ccccc3)n2C)cc1. The van der Waals surface area contributed by atoms with E-state index in [2.05, 4.69) is 53.2 Å². The Morgan fingerprint density at radius 3 is 2.33 bits per heavy atom. The molecule has 1 amide bonds. The number of anilines is 1. The molecule has 1 saturated heterocycles. The minimum Gasteiger partial charge on any atom is -0.378 e. The molecule has 7 nitrogen and oxygen atoms in total. The van der Waals surface area contributed by atoms with Crippen molar-refractivity contribution < 1.29 is 9.53 Å². The molecule has 2 aromatic carbocycles. The summed E-state index contributed by atoms with van der Waals surface area (Å²) in [5.74, 6) is 0.872. The van der Waals surface area contributed by atoms with Crippen LogP contribution >= 0.6 is 11.8 Å². The van der Waals surface area contributed by atoms with Crippen LogP contribution in [0.4, 0.5) is 5.69 Å². The molecule has 0 spiro atoms. The van der Waals surface area contributed by atoms with Crippen molar-refractivity contribution in [2.75, 3.05) is 44.3 Å². The molecule has 1 aliphatic heterocycles. The van der Waals surface area contributed by atoms with Crippen molar-refractivity contribution in [2.45, 2.75) is 24.3 Å². The Labute approximate surface area is 199 Å². The van der Waals surface area contributed by atoms with Gasteiger partial charge in [-0.3, -0.25) is 4.79 Å². The highest BCUT2D eigenvalue weighted by Gasteiger charge is 2.30. The molecular formula is C25H31N5O2S. The van der Waals surface area contributed by atoms with E-state index in [1.807, 2.05) is 46.8 Å². The Bertz CT molecular complexity index is 1040. The van der Waals surface area contributed by atoms with Crippen LogP contribution in [0.5, 0.6) is 0 Å². The number of hydrogen-bond acceptors (Lipinski definition) is 6. The molecule has 0 bridgehead atoms. The van der Waals surface area contributed by atoms with E-state index in [4.69, 9.17) is 4.74 Å². The number of nitrogens with zero attached hydrogens (tertiary/aromatic N) is 5. The van der Waals surface area contributed by atoms with Crippen molar-refractivity contribution in [3.8, 4) is 11.4 Å². The van der Waals surface area contributed by atoms with Crippen LogP contribution in [0.2, 0.25) is 0 Å². The molecule has 8 heteroatoms. The Kier molecular flexibility index (Phi) is 7.67. The summed E-state index contributed by atoms with van der Waals surface area (Å²) in [4.78, 5) is 17.6. The zero-order valence-corrected chi connectivity index (χ0v) is 20.3. The van der Waals surface area contributed by atoms with Gasteiger partial charge < -0.3 is 19.1 Å². The molecule has 33 heavy (non-hydrogen) atoms. The lowest BCUT2D eigenvalue weighted by atomic mass is 10.1. The van der Waals surface area contributed by atoms with Gasteiger partial charge in [0.15, 0.2) is 11.0 Å². The summed E-state index contributed by atoms with van der Waals surface area (Å²) in [7, 11) is 1.96. The van der Waals surface area contributed by atoms with E-state index in [1.54, 1.807) is 0 Å². The number of rotatable bonds is 8. The average Bonchev–Trinajstić information content (AvgIpc) is 3.24. The quantitative estimate of drug-likeness (QED) is 0.468. The first-order valence-electron chi connectivity index (χ1n) is 11.4. The third kappa shape index (κ3) is 5.23. The average molecular weight is 466 g/mol. The van der Waals surface area contributed by atoms with E-state index in [0.29, 0.717) is 31.5 Å². The molecule has 0 N–H and O–H groups in total. The van der Waals surface area contributed by atoms with Crippen molar-refractivity contribution in [1.82, 2.24) is 19.7 Å². The lowest BCUT2D eigenvalue weighted by molar-refractivity contribution is -0.134. The zero-order chi connectivity index (χ0) is 23.2. The normalized spacial score (nSPS) is 14.8. The van der Waals surface area contributed by atoms with Gasteiger partial charge in [-0.15, -0.1) is 10.2 Å². The van der Waals surface area contributed by atoms with E-state index in [-0.39, 0.29) is 11.2 Å². The van der Waals surface area contributed by atoms with Crippen LogP contribution in [0.1, 0.15) is 24.7 Å². The van der Waals surface area contributed by atoms with Crippen LogP contribution in [0.25, 0.3) is 11.4 Å². The van der Waals surface area contributed by atoms with E-state index in [1.165, 1.54) is 17.4 Å². The lowest BCUT2D eigenvalue weighted by Crippen LogP contribution is -2.42. The number of morpholine rings is 1. The molecule has 174 valence electrons. The molecule has 3 aromatic rings. The second kappa shape index (κ2) is 10.9. The van der Waals surface area contributed by atoms with Gasteiger partial charge in [0, 0.05) is 44.5 Å². The van der Waals surface area contributed by atoms with Gasteiger partial charge in [-0.05, 0) is 43.7 Å². The summed E-state index contributed by atoms with van der Waals surface area (Å²) < 4.78 is 7.40. The highest BCUT2D eigenvalue weighted by Crippen LogP contribution is 2.37. The summed E-state index contributed by atoms with van der Waals surface area (Å²) in [5.41, 5.74) is 3.16. The highest BCUT2D eigenvalue weighted by atomic mass is 32.2. The molecule has 1 fully saturated rings. The Balaban J connectivity index is 1.58.